The Morgan fingerprint density at radius 2 is 2.14 bits per heavy atom. The maximum atomic E-state index is 5.49. The molecule has 0 amide bonds. The zero-order valence-electron chi connectivity index (χ0n) is 7.82. The quantitative estimate of drug-likeness (QED) is 0.780. The molecule has 0 unspecified atom stereocenters. The fourth-order valence-electron chi connectivity index (χ4n) is 1.48. The highest BCUT2D eigenvalue weighted by Crippen LogP contribution is 2.19. The van der Waals surface area contributed by atoms with Gasteiger partial charge in [0.05, 0.1) is 5.69 Å². The molecule has 2 heterocycles. The van der Waals surface area contributed by atoms with E-state index in [0.29, 0.717) is 6.54 Å². The van der Waals surface area contributed by atoms with Crippen molar-refractivity contribution in [3.8, 4) is 0 Å². The molecule has 0 aromatic carbocycles. The smallest absolute Gasteiger partial charge is 0.129 e. The van der Waals surface area contributed by atoms with Gasteiger partial charge in [-0.1, -0.05) is 6.07 Å². The molecule has 3 N–H and O–H groups in total. The molecule has 5 heteroatoms. The van der Waals surface area contributed by atoms with Gasteiger partial charge in [0.1, 0.15) is 5.82 Å². The lowest BCUT2D eigenvalue weighted by Crippen LogP contribution is -2.14. The molecule has 3 nitrogen and oxygen atoms in total. The Morgan fingerprint density at radius 1 is 1.36 bits per heavy atom. The van der Waals surface area contributed by atoms with Crippen molar-refractivity contribution in [2.24, 2.45) is 5.73 Å². The number of nitrogens with one attached hydrogen (secondary N) is 1. The number of hydrogen-bond donors (Lipinski definition) is 2. The normalized spacial score (nSPS) is 12.9. The van der Waals surface area contributed by atoms with Gasteiger partial charge < -0.3 is 11.1 Å². The largest absolute Gasteiger partial charge is 0.370 e. The molecular weight excluding hydrogens is 221 g/mol. The summed E-state index contributed by atoms with van der Waals surface area (Å²) in [5.74, 6) is 1.03. The van der Waals surface area contributed by atoms with E-state index in [0.717, 1.165) is 24.5 Å². The van der Waals surface area contributed by atoms with Crippen molar-refractivity contribution >= 4 is 30.6 Å². The second-order valence-electron chi connectivity index (χ2n) is 3.04. The number of pyridine rings is 1. The molecule has 0 atom stereocenters. The van der Waals surface area contributed by atoms with Crippen molar-refractivity contribution in [1.82, 2.24) is 4.98 Å². The predicted molar refractivity (Wildman–Crippen MR) is 63.4 cm³/mol. The van der Waals surface area contributed by atoms with Crippen LogP contribution in [-0.4, -0.2) is 11.5 Å². The number of nitrogens with zero attached hydrogens (tertiary/aromatic N) is 1. The summed E-state index contributed by atoms with van der Waals surface area (Å²) in [7, 11) is 0. The van der Waals surface area contributed by atoms with Crippen molar-refractivity contribution in [3.63, 3.8) is 0 Å². The monoisotopic (exact) mass is 235 g/mol. The molecule has 1 aliphatic rings. The van der Waals surface area contributed by atoms with Crippen LogP contribution >= 0.6 is 24.8 Å². The Kier molecular flexibility index (Phi) is 5.84. The van der Waals surface area contributed by atoms with Gasteiger partial charge in [-0.05, 0) is 24.5 Å². The van der Waals surface area contributed by atoms with Gasteiger partial charge in [-0.2, -0.15) is 0 Å². The Balaban J connectivity index is 0.000000845. The Labute approximate surface area is 96.3 Å². The highest BCUT2D eigenvalue weighted by molar-refractivity contribution is 5.85. The molecule has 0 bridgehead atoms. The summed E-state index contributed by atoms with van der Waals surface area (Å²) in [6.07, 6.45) is 2.34. The number of hydrogen-bond acceptors (Lipinski definition) is 3. The number of rotatable bonds is 1. The molecule has 14 heavy (non-hydrogen) atoms. The van der Waals surface area contributed by atoms with E-state index in [1.165, 1.54) is 12.0 Å². The van der Waals surface area contributed by atoms with Gasteiger partial charge in [-0.3, -0.25) is 0 Å². The fraction of sp³-hybridized carbons (Fsp3) is 0.444. The van der Waals surface area contributed by atoms with Gasteiger partial charge in [0.25, 0.3) is 0 Å². The lowest BCUT2D eigenvalue weighted by Gasteiger charge is -2.16. The van der Waals surface area contributed by atoms with E-state index < -0.39 is 0 Å². The van der Waals surface area contributed by atoms with Gasteiger partial charge in [0.15, 0.2) is 0 Å². The molecule has 1 aromatic heterocycles. The molecule has 0 spiro atoms. The van der Waals surface area contributed by atoms with Crippen molar-refractivity contribution < 1.29 is 0 Å². The minimum atomic E-state index is 0. The summed E-state index contributed by atoms with van der Waals surface area (Å²) in [6, 6.07) is 4.13. The Bertz CT molecular complexity index is 291. The van der Waals surface area contributed by atoms with Gasteiger partial charge in [0.2, 0.25) is 0 Å². The SMILES string of the molecule is Cl.Cl.NCc1ccc2c(n1)NCCC2. The zero-order chi connectivity index (χ0) is 8.39. The average molecular weight is 236 g/mol. The first-order chi connectivity index (χ1) is 5.90. The minimum Gasteiger partial charge on any atom is -0.370 e. The second kappa shape index (κ2) is 6.06. The van der Waals surface area contributed by atoms with Crippen LogP contribution in [0.3, 0.4) is 0 Å². The lowest BCUT2D eigenvalue weighted by molar-refractivity contribution is 0.809. The third kappa shape index (κ3) is 2.74. The first-order valence-corrected chi connectivity index (χ1v) is 4.33. The summed E-state index contributed by atoms with van der Waals surface area (Å²) < 4.78 is 0. The van der Waals surface area contributed by atoms with Crippen LogP contribution in [0.5, 0.6) is 0 Å². The maximum Gasteiger partial charge on any atom is 0.129 e. The summed E-state index contributed by atoms with van der Waals surface area (Å²) in [6.45, 7) is 1.56. The topological polar surface area (TPSA) is 50.9 Å². The molecule has 0 fully saturated rings. The summed E-state index contributed by atoms with van der Waals surface area (Å²) in [4.78, 5) is 4.40. The summed E-state index contributed by atoms with van der Waals surface area (Å²) >= 11 is 0. The van der Waals surface area contributed by atoms with Crippen LogP contribution in [0.4, 0.5) is 5.82 Å². The number of nitrogens with two attached hydrogens (primary N) is 1. The van der Waals surface area contributed by atoms with E-state index >= 15 is 0 Å². The van der Waals surface area contributed by atoms with Crippen molar-refractivity contribution in [2.45, 2.75) is 19.4 Å². The van der Waals surface area contributed by atoms with Crippen LogP contribution in [0, 0.1) is 0 Å². The Morgan fingerprint density at radius 3 is 2.86 bits per heavy atom. The number of fused-ring (bicyclic) bond motifs is 1. The van der Waals surface area contributed by atoms with Crippen molar-refractivity contribution in [1.29, 1.82) is 0 Å². The third-order valence-corrected chi connectivity index (χ3v) is 2.16. The van der Waals surface area contributed by atoms with Crippen LogP contribution < -0.4 is 11.1 Å². The molecule has 80 valence electrons. The number of aryl methyl sites for hydroxylation is 1. The van der Waals surface area contributed by atoms with E-state index in [1.54, 1.807) is 0 Å². The summed E-state index contributed by atoms with van der Waals surface area (Å²) in [5.41, 5.74) is 7.77. The van der Waals surface area contributed by atoms with Crippen LogP contribution in [0.2, 0.25) is 0 Å². The second-order valence-corrected chi connectivity index (χ2v) is 3.04. The van der Waals surface area contributed by atoms with Crippen molar-refractivity contribution in [3.05, 3.63) is 23.4 Å². The van der Waals surface area contributed by atoms with Crippen molar-refractivity contribution in [2.75, 3.05) is 11.9 Å². The molecule has 1 aliphatic heterocycles. The number of halogens is 2. The molecule has 1 aromatic rings. The maximum absolute atomic E-state index is 5.49. The van der Waals surface area contributed by atoms with Gasteiger partial charge >= 0.3 is 0 Å². The van der Waals surface area contributed by atoms with Gasteiger partial charge in [-0.25, -0.2) is 4.98 Å². The first-order valence-electron chi connectivity index (χ1n) is 4.33. The van der Waals surface area contributed by atoms with Crippen LogP contribution in [0.1, 0.15) is 17.7 Å². The average Bonchev–Trinajstić information content (AvgIpc) is 2.17. The van der Waals surface area contributed by atoms with Gasteiger partial charge in [-0.15, -0.1) is 24.8 Å². The predicted octanol–water partition coefficient (Wildman–Crippen LogP) is 1.74. The first kappa shape index (κ1) is 13.5. The standard InChI is InChI=1S/C9H13N3.2ClH/c10-6-8-4-3-7-2-1-5-11-9(7)12-8;;/h3-4H,1-2,5-6,10H2,(H,11,12);2*1H. The van der Waals surface area contributed by atoms with E-state index in [-0.39, 0.29) is 24.8 Å². The molecule has 0 radical (unpaired) electrons. The fourth-order valence-corrected chi connectivity index (χ4v) is 1.48. The Hall–Kier alpha value is -0.510. The number of aromatic nitrogens is 1. The van der Waals surface area contributed by atoms with E-state index in [2.05, 4.69) is 16.4 Å². The third-order valence-electron chi connectivity index (χ3n) is 2.16. The molecule has 0 aliphatic carbocycles. The summed E-state index contributed by atoms with van der Waals surface area (Å²) in [5, 5.41) is 3.27. The van der Waals surface area contributed by atoms with E-state index in [4.69, 9.17) is 5.73 Å². The molecular formula is C9H15Cl2N3. The molecule has 0 saturated carbocycles. The van der Waals surface area contributed by atoms with Crippen LogP contribution in [-0.2, 0) is 13.0 Å². The molecule has 0 saturated heterocycles. The number of anilines is 1. The van der Waals surface area contributed by atoms with Gasteiger partial charge in [0, 0.05) is 13.1 Å². The highest BCUT2D eigenvalue weighted by atomic mass is 35.5. The zero-order valence-corrected chi connectivity index (χ0v) is 9.46. The van der Waals surface area contributed by atoms with E-state index in [1.807, 2.05) is 6.07 Å². The van der Waals surface area contributed by atoms with E-state index in [9.17, 15) is 0 Å². The van der Waals surface area contributed by atoms with Crippen LogP contribution in [0.25, 0.3) is 0 Å². The minimum absolute atomic E-state index is 0. The molecule has 2 rings (SSSR count). The lowest BCUT2D eigenvalue weighted by atomic mass is 10.1. The highest BCUT2D eigenvalue weighted by Gasteiger charge is 2.08. The van der Waals surface area contributed by atoms with Crippen LogP contribution in [0.15, 0.2) is 12.1 Å².